The number of rotatable bonds is 7. The first-order valence-corrected chi connectivity index (χ1v) is 11.7. The highest BCUT2D eigenvalue weighted by Gasteiger charge is 2.50. The Labute approximate surface area is 197 Å². The van der Waals surface area contributed by atoms with Crippen LogP contribution in [0.1, 0.15) is 42.7 Å². The van der Waals surface area contributed by atoms with Gasteiger partial charge in [-0.25, -0.2) is 9.59 Å². The highest BCUT2D eigenvalue weighted by Crippen LogP contribution is 2.44. The highest BCUT2D eigenvalue weighted by atomic mass is 16.5. The molecule has 2 amide bonds. The van der Waals surface area contributed by atoms with E-state index in [1.54, 1.807) is 0 Å². The highest BCUT2D eigenvalue weighted by molar-refractivity contribution is 5.85. The van der Waals surface area contributed by atoms with E-state index in [1.807, 2.05) is 24.3 Å². The molecular formula is C26H28N2O6. The zero-order valence-electron chi connectivity index (χ0n) is 18.8. The van der Waals surface area contributed by atoms with E-state index >= 15 is 0 Å². The van der Waals surface area contributed by atoms with Crippen molar-refractivity contribution in [2.45, 2.75) is 43.2 Å². The van der Waals surface area contributed by atoms with E-state index in [-0.39, 0.29) is 49.9 Å². The number of alkyl carbamates (subject to hydrolysis) is 1. The third-order valence-electron chi connectivity index (χ3n) is 7.42. The number of aliphatic hydroxyl groups is 1. The monoisotopic (exact) mass is 464 g/mol. The fraction of sp³-hybridized carbons (Fsp3) is 0.423. The molecular weight excluding hydrogens is 436 g/mol. The largest absolute Gasteiger partial charge is 0.479 e. The van der Waals surface area contributed by atoms with Crippen molar-refractivity contribution in [3.05, 3.63) is 59.7 Å². The van der Waals surface area contributed by atoms with E-state index in [9.17, 15) is 19.5 Å². The van der Waals surface area contributed by atoms with Crippen LogP contribution in [-0.4, -0.2) is 64.4 Å². The Bertz CT molecular complexity index is 1080. The van der Waals surface area contributed by atoms with Gasteiger partial charge < -0.3 is 25.2 Å². The number of carbonyl (C=O) groups is 3. The summed E-state index contributed by atoms with van der Waals surface area (Å²) in [7, 11) is 0. The second-order valence-electron chi connectivity index (χ2n) is 9.56. The molecule has 0 bridgehead atoms. The van der Waals surface area contributed by atoms with Gasteiger partial charge in [-0.2, -0.15) is 0 Å². The molecule has 1 saturated heterocycles. The minimum absolute atomic E-state index is 0.0447. The van der Waals surface area contributed by atoms with Crippen LogP contribution in [0.5, 0.6) is 0 Å². The molecule has 1 saturated carbocycles. The first-order valence-electron chi connectivity index (χ1n) is 11.7. The molecule has 2 fully saturated rings. The molecule has 2 aliphatic carbocycles. The Kier molecular flexibility index (Phi) is 5.77. The van der Waals surface area contributed by atoms with E-state index in [1.165, 1.54) is 4.90 Å². The number of β-amino-alcohol motifs (C(OH)–C–C–N with tert-alkyl or cyclic N) is 1. The van der Waals surface area contributed by atoms with Crippen LogP contribution >= 0.6 is 0 Å². The summed E-state index contributed by atoms with van der Waals surface area (Å²) in [5.74, 6) is -1.47. The van der Waals surface area contributed by atoms with Gasteiger partial charge in [-0.3, -0.25) is 4.79 Å². The molecule has 1 atom stereocenters. The Morgan fingerprint density at radius 3 is 2.15 bits per heavy atom. The van der Waals surface area contributed by atoms with Gasteiger partial charge in [0.25, 0.3) is 0 Å². The number of likely N-dealkylation sites (tertiary alicyclic amines) is 1. The molecule has 5 rings (SSSR count). The van der Waals surface area contributed by atoms with Crippen molar-refractivity contribution in [1.82, 2.24) is 10.2 Å². The number of aliphatic carboxylic acids is 1. The Balaban J connectivity index is 1.20. The lowest BCUT2D eigenvalue weighted by Gasteiger charge is -2.44. The van der Waals surface area contributed by atoms with Gasteiger partial charge >= 0.3 is 12.1 Å². The molecule has 8 heteroatoms. The molecule has 0 radical (unpaired) electrons. The minimum Gasteiger partial charge on any atom is -0.479 e. The van der Waals surface area contributed by atoms with Gasteiger partial charge in [0.2, 0.25) is 5.91 Å². The quantitative estimate of drug-likeness (QED) is 0.580. The number of amides is 2. The molecule has 1 heterocycles. The number of carboxylic acid groups (broad SMARTS) is 1. The number of nitrogens with one attached hydrogen (secondary N) is 1. The third kappa shape index (κ3) is 4.03. The van der Waals surface area contributed by atoms with Crippen LogP contribution in [0.4, 0.5) is 4.79 Å². The molecule has 0 spiro atoms. The third-order valence-corrected chi connectivity index (χ3v) is 7.42. The predicted octanol–water partition coefficient (Wildman–Crippen LogP) is 2.74. The van der Waals surface area contributed by atoms with Crippen molar-refractivity contribution >= 4 is 18.0 Å². The van der Waals surface area contributed by atoms with E-state index < -0.39 is 17.7 Å². The van der Waals surface area contributed by atoms with Gasteiger partial charge in [-0.05, 0) is 41.0 Å². The van der Waals surface area contributed by atoms with Crippen molar-refractivity contribution < 1.29 is 29.3 Å². The molecule has 2 aromatic carbocycles. The molecule has 178 valence electrons. The second kappa shape index (κ2) is 8.76. The number of ether oxygens (including phenoxy) is 1. The number of nitrogens with zero attached hydrogens (tertiary/aromatic N) is 1. The van der Waals surface area contributed by atoms with Crippen molar-refractivity contribution in [1.29, 1.82) is 0 Å². The van der Waals surface area contributed by atoms with E-state index in [0.29, 0.717) is 0 Å². The molecule has 2 aromatic rings. The van der Waals surface area contributed by atoms with E-state index in [2.05, 4.69) is 29.6 Å². The fourth-order valence-corrected chi connectivity index (χ4v) is 5.18. The van der Waals surface area contributed by atoms with Gasteiger partial charge in [0, 0.05) is 18.4 Å². The van der Waals surface area contributed by atoms with Crippen molar-refractivity contribution in [3.8, 4) is 11.1 Å². The van der Waals surface area contributed by atoms with Crippen LogP contribution in [-0.2, 0) is 14.3 Å². The first kappa shape index (κ1) is 22.4. The summed E-state index contributed by atoms with van der Waals surface area (Å²) in [6.07, 6.45) is 2.38. The van der Waals surface area contributed by atoms with E-state index in [0.717, 1.165) is 41.5 Å². The maximum absolute atomic E-state index is 12.7. The Hall–Kier alpha value is -3.39. The van der Waals surface area contributed by atoms with Crippen LogP contribution in [0.3, 0.4) is 0 Å². The summed E-state index contributed by atoms with van der Waals surface area (Å²) in [5, 5.41) is 21.8. The van der Waals surface area contributed by atoms with Gasteiger partial charge in [0.15, 0.2) is 5.60 Å². The summed E-state index contributed by atoms with van der Waals surface area (Å²) >= 11 is 0. The maximum atomic E-state index is 12.7. The van der Waals surface area contributed by atoms with Crippen molar-refractivity contribution in [2.24, 2.45) is 5.92 Å². The van der Waals surface area contributed by atoms with Crippen molar-refractivity contribution in [2.75, 3.05) is 19.7 Å². The van der Waals surface area contributed by atoms with Gasteiger partial charge in [0.1, 0.15) is 6.61 Å². The number of benzene rings is 2. The van der Waals surface area contributed by atoms with Gasteiger partial charge in [-0.15, -0.1) is 0 Å². The standard InChI is InChI=1S/C26H28N2O6/c29-23(28-14-26(33,15-28)24(30)31)12-22(16-6-5-7-16)27-25(32)34-13-21-19-10-3-1-8-17(19)18-9-2-4-11-20(18)21/h1-4,8-11,16,21-22,33H,5-7,12-15H2,(H,27,32)(H,30,31). The normalized spacial score (nSPS) is 19.3. The topological polar surface area (TPSA) is 116 Å². The average molecular weight is 465 g/mol. The predicted molar refractivity (Wildman–Crippen MR) is 123 cm³/mol. The maximum Gasteiger partial charge on any atom is 0.407 e. The SMILES string of the molecule is O=C(NC(CC(=O)N1CC(O)(C(=O)O)C1)C1CCC1)OCC1c2ccccc2-c2ccccc21. The lowest BCUT2D eigenvalue weighted by Crippen LogP contribution is -2.68. The molecule has 3 N–H and O–H groups in total. The average Bonchev–Trinajstić information content (AvgIpc) is 3.08. The summed E-state index contributed by atoms with van der Waals surface area (Å²) in [6.45, 7) is -0.268. The van der Waals surface area contributed by atoms with Crippen LogP contribution in [0.2, 0.25) is 0 Å². The lowest BCUT2D eigenvalue weighted by molar-refractivity contribution is -0.182. The molecule has 3 aliphatic rings. The van der Waals surface area contributed by atoms with Gasteiger partial charge in [-0.1, -0.05) is 55.0 Å². The number of carboxylic acids is 1. The van der Waals surface area contributed by atoms with Crippen molar-refractivity contribution in [3.63, 3.8) is 0 Å². The van der Waals surface area contributed by atoms with E-state index in [4.69, 9.17) is 9.84 Å². The Morgan fingerprint density at radius 2 is 1.62 bits per heavy atom. The number of hydrogen-bond acceptors (Lipinski definition) is 5. The molecule has 1 unspecified atom stereocenters. The minimum atomic E-state index is -1.87. The summed E-state index contributed by atoms with van der Waals surface area (Å²) in [5.41, 5.74) is 2.70. The summed E-state index contributed by atoms with van der Waals surface area (Å²) in [6, 6.07) is 15.9. The zero-order valence-corrected chi connectivity index (χ0v) is 18.8. The molecule has 34 heavy (non-hydrogen) atoms. The molecule has 8 nitrogen and oxygen atoms in total. The van der Waals surface area contributed by atoms with Crippen LogP contribution < -0.4 is 5.32 Å². The second-order valence-corrected chi connectivity index (χ2v) is 9.56. The Morgan fingerprint density at radius 1 is 1.03 bits per heavy atom. The van der Waals surface area contributed by atoms with Crippen LogP contribution in [0.25, 0.3) is 11.1 Å². The molecule has 0 aromatic heterocycles. The zero-order chi connectivity index (χ0) is 23.9. The number of hydrogen-bond donors (Lipinski definition) is 3. The summed E-state index contributed by atoms with van der Waals surface area (Å²) in [4.78, 5) is 37.8. The van der Waals surface area contributed by atoms with Crippen LogP contribution in [0.15, 0.2) is 48.5 Å². The lowest BCUT2D eigenvalue weighted by atomic mass is 9.78. The first-order chi connectivity index (χ1) is 16.4. The van der Waals surface area contributed by atoms with Crippen LogP contribution in [0, 0.1) is 5.92 Å². The smallest absolute Gasteiger partial charge is 0.407 e. The van der Waals surface area contributed by atoms with Gasteiger partial charge in [0.05, 0.1) is 13.1 Å². The number of fused-ring (bicyclic) bond motifs is 3. The molecule has 1 aliphatic heterocycles. The fourth-order valence-electron chi connectivity index (χ4n) is 5.18. The summed E-state index contributed by atoms with van der Waals surface area (Å²) < 4.78 is 5.64. The number of carbonyl (C=O) groups excluding carboxylic acids is 2.